The number of aliphatic imine (C=N–C) groups is 1. The molecule has 0 aliphatic heterocycles. The molecule has 1 aromatic rings. The van der Waals surface area contributed by atoms with Gasteiger partial charge in [-0.2, -0.15) is 0 Å². The molecule has 0 unspecified atom stereocenters. The standard InChI is InChI=1S/C20H39N5O.HI/c1-6-18-17(19(7-2)26-24-18)16-23-20(21-8-3)22-14-12-10-9-11-13-15-25(4)5;/h6-16H2,1-5H3,(H2,21,22,23);1H. The molecule has 0 atom stereocenters. The van der Waals surface area contributed by atoms with Crippen LogP contribution < -0.4 is 10.6 Å². The molecule has 0 aliphatic carbocycles. The highest BCUT2D eigenvalue weighted by Crippen LogP contribution is 2.16. The van der Waals surface area contributed by atoms with Crippen LogP contribution in [0.2, 0.25) is 0 Å². The Kier molecular flexibility index (Phi) is 15.7. The first kappa shape index (κ1) is 26.2. The predicted molar refractivity (Wildman–Crippen MR) is 125 cm³/mol. The summed E-state index contributed by atoms with van der Waals surface area (Å²) in [4.78, 5) is 6.98. The Hall–Kier alpha value is -0.830. The molecule has 27 heavy (non-hydrogen) atoms. The number of halogens is 1. The van der Waals surface area contributed by atoms with Crippen LogP contribution in [0.5, 0.6) is 0 Å². The van der Waals surface area contributed by atoms with Crippen LogP contribution in [0.3, 0.4) is 0 Å². The average Bonchev–Trinajstić information content (AvgIpc) is 3.03. The predicted octanol–water partition coefficient (Wildman–Crippen LogP) is 3.98. The molecule has 0 radical (unpaired) electrons. The maximum Gasteiger partial charge on any atom is 0.191 e. The number of nitrogens with zero attached hydrogens (tertiary/aromatic N) is 3. The van der Waals surface area contributed by atoms with Crippen molar-refractivity contribution in [2.24, 2.45) is 4.99 Å². The van der Waals surface area contributed by atoms with Gasteiger partial charge in [-0.3, -0.25) is 0 Å². The van der Waals surface area contributed by atoms with E-state index in [1.807, 2.05) is 0 Å². The summed E-state index contributed by atoms with van der Waals surface area (Å²) in [6, 6.07) is 0. The summed E-state index contributed by atoms with van der Waals surface area (Å²) in [5.74, 6) is 1.84. The van der Waals surface area contributed by atoms with Crippen LogP contribution in [0.15, 0.2) is 9.52 Å². The summed E-state index contributed by atoms with van der Waals surface area (Å²) in [5, 5.41) is 10.9. The molecule has 0 saturated carbocycles. The highest BCUT2D eigenvalue weighted by atomic mass is 127. The molecule has 0 amide bonds. The fourth-order valence-corrected chi connectivity index (χ4v) is 2.91. The van der Waals surface area contributed by atoms with Gasteiger partial charge in [0.15, 0.2) is 5.96 Å². The second kappa shape index (κ2) is 16.2. The van der Waals surface area contributed by atoms with Crippen LogP contribution >= 0.6 is 24.0 Å². The fraction of sp³-hybridized carbons (Fsp3) is 0.800. The van der Waals surface area contributed by atoms with E-state index in [1.165, 1.54) is 38.6 Å². The van der Waals surface area contributed by atoms with E-state index >= 15 is 0 Å². The van der Waals surface area contributed by atoms with E-state index in [1.54, 1.807) is 0 Å². The lowest BCUT2D eigenvalue weighted by atomic mass is 10.1. The second-order valence-corrected chi connectivity index (χ2v) is 6.93. The number of hydrogen-bond donors (Lipinski definition) is 2. The van der Waals surface area contributed by atoms with Crippen LogP contribution in [0, 0.1) is 0 Å². The monoisotopic (exact) mass is 493 g/mol. The molecule has 2 N–H and O–H groups in total. The molecule has 0 aliphatic rings. The van der Waals surface area contributed by atoms with Crippen LogP contribution in [0.25, 0.3) is 0 Å². The summed E-state index contributed by atoms with van der Waals surface area (Å²) >= 11 is 0. The third kappa shape index (κ3) is 10.9. The van der Waals surface area contributed by atoms with Crippen LogP contribution in [-0.2, 0) is 19.4 Å². The lowest BCUT2D eigenvalue weighted by molar-refractivity contribution is 0.380. The van der Waals surface area contributed by atoms with Crippen molar-refractivity contribution in [2.75, 3.05) is 33.7 Å². The Balaban J connectivity index is 0.00000676. The summed E-state index contributed by atoms with van der Waals surface area (Å²) < 4.78 is 5.43. The van der Waals surface area contributed by atoms with Gasteiger partial charge in [0.1, 0.15) is 5.76 Å². The van der Waals surface area contributed by atoms with Gasteiger partial charge in [-0.1, -0.05) is 38.3 Å². The number of rotatable bonds is 13. The molecule has 1 rings (SSSR count). The SMILES string of the molecule is CCNC(=NCc1c(CC)noc1CC)NCCCCCCCN(C)C.I. The molecule has 0 bridgehead atoms. The molecular weight excluding hydrogens is 453 g/mol. The van der Waals surface area contributed by atoms with Gasteiger partial charge in [-0.05, 0) is 46.8 Å². The van der Waals surface area contributed by atoms with Crippen molar-refractivity contribution in [3.63, 3.8) is 0 Å². The molecule has 0 aromatic carbocycles. The molecule has 1 aromatic heterocycles. The highest BCUT2D eigenvalue weighted by Gasteiger charge is 2.12. The lowest BCUT2D eigenvalue weighted by Crippen LogP contribution is -2.37. The van der Waals surface area contributed by atoms with E-state index < -0.39 is 0 Å². The zero-order valence-corrected chi connectivity index (χ0v) is 20.3. The molecule has 0 saturated heterocycles. The van der Waals surface area contributed by atoms with E-state index in [-0.39, 0.29) is 24.0 Å². The van der Waals surface area contributed by atoms with Gasteiger partial charge >= 0.3 is 0 Å². The van der Waals surface area contributed by atoms with E-state index in [9.17, 15) is 0 Å². The Morgan fingerprint density at radius 1 is 1.00 bits per heavy atom. The van der Waals surface area contributed by atoms with Crippen molar-refractivity contribution in [1.29, 1.82) is 0 Å². The maximum atomic E-state index is 5.43. The minimum absolute atomic E-state index is 0. The third-order valence-corrected chi connectivity index (χ3v) is 4.42. The number of nitrogens with one attached hydrogen (secondary N) is 2. The van der Waals surface area contributed by atoms with Gasteiger partial charge in [0.05, 0.1) is 12.2 Å². The second-order valence-electron chi connectivity index (χ2n) is 6.93. The topological polar surface area (TPSA) is 65.7 Å². The highest BCUT2D eigenvalue weighted by molar-refractivity contribution is 14.0. The molecule has 0 spiro atoms. The number of aromatic nitrogens is 1. The van der Waals surface area contributed by atoms with Crippen molar-refractivity contribution in [1.82, 2.24) is 20.7 Å². The molecular formula is C20H40IN5O. The van der Waals surface area contributed by atoms with Crippen LogP contribution in [0.1, 0.15) is 69.9 Å². The summed E-state index contributed by atoms with van der Waals surface area (Å²) in [7, 11) is 4.27. The number of unbranched alkanes of at least 4 members (excludes halogenated alkanes) is 4. The Morgan fingerprint density at radius 3 is 2.33 bits per heavy atom. The van der Waals surface area contributed by atoms with E-state index in [4.69, 9.17) is 9.52 Å². The lowest BCUT2D eigenvalue weighted by Gasteiger charge is -2.12. The van der Waals surface area contributed by atoms with Gasteiger partial charge in [0, 0.05) is 25.1 Å². The van der Waals surface area contributed by atoms with Crippen LogP contribution in [0.4, 0.5) is 0 Å². The normalized spacial score (nSPS) is 11.6. The van der Waals surface area contributed by atoms with Gasteiger partial charge < -0.3 is 20.1 Å². The van der Waals surface area contributed by atoms with E-state index in [0.717, 1.165) is 48.9 Å². The quantitative estimate of drug-likeness (QED) is 0.188. The van der Waals surface area contributed by atoms with Crippen molar-refractivity contribution in [2.45, 2.75) is 72.3 Å². The zero-order chi connectivity index (χ0) is 19.2. The van der Waals surface area contributed by atoms with Crippen molar-refractivity contribution < 1.29 is 4.52 Å². The zero-order valence-electron chi connectivity index (χ0n) is 17.9. The first-order valence-corrected chi connectivity index (χ1v) is 10.2. The summed E-state index contributed by atoms with van der Waals surface area (Å²) in [6.07, 6.45) is 8.11. The largest absolute Gasteiger partial charge is 0.361 e. The minimum Gasteiger partial charge on any atom is -0.361 e. The summed E-state index contributed by atoms with van der Waals surface area (Å²) in [5.41, 5.74) is 2.17. The Labute approximate surface area is 182 Å². The smallest absolute Gasteiger partial charge is 0.191 e. The van der Waals surface area contributed by atoms with Crippen molar-refractivity contribution >= 4 is 29.9 Å². The molecule has 0 fully saturated rings. The minimum atomic E-state index is 0. The van der Waals surface area contributed by atoms with E-state index in [2.05, 4.69) is 55.6 Å². The maximum absolute atomic E-state index is 5.43. The van der Waals surface area contributed by atoms with Gasteiger partial charge in [-0.15, -0.1) is 24.0 Å². The average molecular weight is 493 g/mol. The molecule has 7 heteroatoms. The van der Waals surface area contributed by atoms with Crippen molar-refractivity contribution in [3.8, 4) is 0 Å². The third-order valence-electron chi connectivity index (χ3n) is 4.42. The fourth-order valence-electron chi connectivity index (χ4n) is 2.91. The molecule has 1 heterocycles. The number of guanidine groups is 1. The Bertz CT molecular complexity index is 495. The Morgan fingerprint density at radius 2 is 1.70 bits per heavy atom. The van der Waals surface area contributed by atoms with Gasteiger partial charge in [-0.25, -0.2) is 4.99 Å². The van der Waals surface area contributed by atoms with Crippen LogP contribution in [-0.4, -0.2) is 49.7 Å². The van der Waals surface area contributed by atoms with E-state index in [0.29, 0.717) is 6.54 Å². The molecule has 158 valence electrons. The first-order valence-electron chi connectivity index (χ1n) is 10.2. The summed E-state index contributed by atoms with van der Waals surface area (Å²) in [6.45, 7) is 9.93. The van der Waals surface area contributed by atoms with Gasteiger partial charge in [0.2, 0.25) is 0 Å². The number of aryl methyl sites for hydroxylation is 2. The van der Waals surface area contributed by atoms with Gasteiger partial charge in [0.25, 0.3) is 0 Å². The first-order chi connectivity index (χ1) is 12.6. The molecule has 6 nitrogen and oxygen atoms in total. The van der Waals surface area contributed by atoms with Crippen molar-refractivity contribution in [3.05, 3.63) is 17.0 Å². The number of hydrogen-bond acceptors (Lipinski definition) is 4.